The summed E-state index contributed by atoms with van der Waals surface area (Å²) in [5, 5.41) is 3.33. The summed E-state index contributed by atoms with van der Waals surface area (Å²) >= 11 is 7.03. The molecule has 0 aliphatic heterocycles. The summed E-state index contributed by atoms with van der Waals surface area (Å²) in [6.45, 7) is 2.04. The highest BCUT2D eigenvalue weighted by atomic mass is 79.9. The van der Waals surface area contributed by atoms with Gasteiger partial charge >= 0.3 is 0 Å². The van der Waals surface area contributed by atoms with Gasteiger partial charge in [0.2, 0.25) is 0 Å². The van der Waals surface area contributed by atoms with E-state index < -0.39 is 0 Å². The number of nitrogen functional groups attached to an aromatic ring is 1. The molecule has 0 unspecified atom stereocenters. The van der Waals surface area contributed by atoms with E-state index in [9.17, 15) is 0 Å². The van der Waals surface area contributed by atoms with E-state index in [2.05, 4.69) is 37.2 Å². The average molecular weight is 356 g/mol. The van der Waals surface area contributed by atoms with E-state index in [0.717, 1.165) is 26.0 Å². The Morgan fingerprint density at radius 3 is 2.35 bits per heavy atom. The van der Waals surface area contributed by atoms with Gasteiger partial charge in [-0.2, -0.15) is 0 Å². The maximum absolute atomic E-state index is 5.94. The molecule has 0 aromatic heterocycles. The fourth-order valence-corrected chi connectivity index (χ4v) is 2.73. The molecule has 0 bridgehead atoms. The van der Waals surface area contributed by atoms with Crippen LogP contribution in [0.2, 0.25) is 0 Å². The van der Waals surface area contributed by atoms with Gasteiger partial charge in [-0.3, -0.25) is 0 Å². The molecule has 0 aliphatic carbocycles. The maximum atomic E-state index is 5.94. The van der Waals surface area contributed by atoms with E-state index in [1.54, 1.807) is 0 Å². The zero-order valence-corrected chi connectivity index (χ0v) is 12.5. The lowest BCUT2D eigenvalue weighted by atomic mass is 10.2. The molecule has 17 heavy (non-hydrogen) atoms. The van der Waals surface area contributed by atoms with Crippen LogP contribution in [-0.4, -0.2) is 0 Å². The van der Waals surface area contributed by atoms with Crippen molar-refractivity contribution in [1.29, 1.82) is 0 Å². The first kappa shape index (κ1) is 12.5. The first-order chi connectivity index (χ1) is 8.08. The van der Waals surface area contributed by atoms with Crippen LogP contribution in [-0.2, 0) is 0 Å². The lowest BCUT2D eigenvalue weighted by Gasteiger charge is -2.13. The van der Waals surface area contributed by atoms with Crippen molar-refractivity contribution < 1.29 is 0 Å². The molecule has 0 heterocycles. The van der Waals surface area contributed by atoms with Crippen LogP contribution >= 0.6 is 31.9 Å². The number of rotatable bonds is 2. The van der Waals surface area contributed by atoms with Crippen molar-refractivity contribution >= 4 is 48.9 Å². The first-order valence-electron chi connectivity index (χ1n) is 5.15. The standard InChI is InChI=1S/C13H12Br2N2/c1-8-5-6-11(16)12(7-8)17-13-9(14)3-2-4-10(13)15/h2-7,17H,16H2,1H3. The predicted molar refractivity (Wildman–Crippen MR) is 80.7 cm³/mol. The Kier molecular flexibility index (Phi) is 3.74. The molecule has 3 N–H and O–H groups in total. The number of hydrogen-bond donors (Lipinski definition) is 2. The predicted octanol–water partition coefficient (Wildman–Crippen LogP) is 4.85. The second kappa shape index (κ2) is 5.10. The molecule has 0 spiro atoms. The topological polar surface area (TPSA) is 38.0 Å². The fraction of sp³-hybridized carbons (Fsp3) is 0.0769. The SMILES string of the molecule is Cc1ccc(N)c(Nc2c(Br)cccc2Br)c1. The van der Waals surface area contributed by atoms with Crippen LogP contribution in [0, 0.1) is 6.92 Å². The lowest BCUT2D eigenvalue weighted by Crippen LogP contribution is -1.98. The van der Waals surface area contributed by atoms with Crippen LogP contribution in [0.15, 0.2) is 45.3 Å². The Morgan fingerprint density at radius 1 is 1.06 bits per heavy atom. The molecular formula is C13H12Br2N2. The number of benzene rings is 2. The van der Waals surface area contributed by atoms with E-state index in [1.165, 1.54) is 5.56 Å². The van der Waals surface area contributed by atoms with Gasteiger partial charge in [0.1, 0.15) is 0 Å². The molecule has 2 nitrogen and oxygen atoms in total. The molecule has 0 fully saturated rings. The monoisotopic (exact) mass is 354 g/mol. The molecule has 0 amide bonds. The molecule has 4 heteroatoms. The molecule has 88 valence electrons. The highest BCUT2D eigenvalue weighted by Crippen LogP contribution is 2.34. The molecule has 0 radical (unpaired) electrons. The molecule has 0 atom stereocenters. The van der Waals surface area contributed by atoms with Crippen molar-refractivity contribution in [1.82, 2.24) is 0 Å². The summed E-state index contributed by atoms with van der Waals surface area (Å²) in [5.41, 5.74) is 9.74. The second-order valence-electron chi connectivity index (χ2n) is 3.81. The van der Waals surface area contributed by atoms with Gasteiger partial charge in [0.25, 0.3) is 0 Å². The van der Waals surface area contributed by atoms with Gasteiger partial charge in [0, 0.05) is 8.95 Å². The van der Waals surface area contributed by atoms with Gasteiger partial charge in [-0.15, -0.1) is 0 Å². The van der Waals surface area contributed by atoms with Crippen LogP contribution in [0.1, 0.15) is 5.56 Å². The summed E-state index contributed by atoms with van der Waals surface area (Å²) < 4.78 is 1.99. The first-order valence-corrected chi connectivity index (χ1v) is 6.73. The largest absolute Gasteiger partial charge is 0.397 e. The molecule has 2 rings (SSSR count). The zero-order valence-electron chi connectivity index (χ0n) is 9.30. The second-order valence-corrected chi connectivity index (χ2v) is 5.52. The van der Waals surface area contributed by atoms with Gasteiger partial charge in [-0.1, -0.05) is 12.1 Å². The third-order valence-corrected chi connectivity index (χ3v) is 3.75. The van der Waals surface area contributed by atoms with E-state index in [0.29, 0.717) is 0 Å². The van der Waals surface area contributed by atoms with Crippen LogP contribution < -0.4 is 11.1 Å². The minimum Gasteiger partial charge on any atom is -0.397 e. The van der Waals surface area contributed by atoms with Crippen LogP contribution in [0.3, 0.4) is 0 Å². The van der Waals surface area contributed by atoms with Gasteiger partial charge in [0.05, 0.1) is 17.1 Å². The van der Waals surface area contributed by atoms with Crippen molar-refractivity contribution in [2.75, 3.05) is 11.1 Å². The minimum absolute atomic E-state index is 0.734. The lowest BCUT2D eigenvalue weighted by molar-refractivity contribution is 1.44. The minimum atomic E-state index is 0.734. The number of nitrogens with two attached hydrogens (primary N) is 1. The Balaban J connectivity index is 2.41. The normalized spacial score (nSPS) is 10.3. The Bertz CT molecular complexity index is 533. The van der Waals surface area contributed by atoms with Crippen LogP contribution in [0.25, 0.3) is 0 Å². The van der Waals surface area contributed by atoms with Crippen LogP contribution in [0.4, 0.5) is 17.1 Å². The highest BCUT2D eigenvalue weighted by molar-refractivity contribution is 9.11. The smallest absolute Gasteiger partial charge is 0.0673 e. The van der Waals surface area contributed by atoms with E-state index >= 15 is 0 Å². The fourth-order valence-electron chi connectivity index (χ4n) is 1.53. The van der Waals surface area contributed by atoms with Gasteiger partial charge in [0.15, 0.2) is 0 Å². The number of para-hydroxylation sites is 1. The van der Waals surface area contributed by atoms with Crippen molar-refractivity contribution in [2.45, 2.75) is 6.92 Å². The number of anilines is 3. The Labute approximate surface area is 117 Å². The van der Waals surface area contributed by atoms with E-state index in [-0.39, 0.29) is 0 Å². The van der Waals surface area contributed by atoms with E-state index in [1.807, 2.05) is 43.3 Å². The van der Waals surface area contributed by atoms with Gasteiger partial charge in [-0.25, -0.2) is 0 Å². The molecule has 0 saturated heterocycles. The van der Waals surface area contributed by atoms with Gasteiger partial charge < -0.3 is 11.1 Å². The molecular weight excluding hydrogens is 344 g/mol. The van der Waals surface area contributed by atoms with Crippen molar-refractivity contribution in [2.24, 2.45) is 0 Å². The molecule has 0 aliphatic rings. The maximum Gasteiger partial charge on any atom is 0.0673 e. The third-order valence-electron chi connectivity index (χ3n) is 2.43. The van der Waals surface area contributed by atoms with Gasteiger partial charge in [-0.05, 0) is 68.6 Å². The van der Waals surface area contributed by atoms with Crippen molar-refractivity contribution in [3.63, 3.8) is 0 Å². The average Bonchev–Trinajstić information content (AvgIpc) is 2.28. The molecule has 2 aromatic rings. The number of aryl methyl sites for hydroxylation is 1. The quantitative estimate of drug-likeness (QED) is 0.756. The Morgan fingerprint density at radius 2 is 1.71 bits per heavy atom. The van der Waals surface area contributed by atoms with Crippen molar-refractivity contribution in [3.05, 3.63) is 50.9 Å². The summed E-state index contributed by atoms with van der Waals surface area (Å²) in [5.74, 6) is 0. The summed E-state index contributed by atoms with van der Waals surface area (Å²) in [7, 11) is 0. The number of halogens is 2. The number of nitrogens with one attached hydrogen (secondary N) is 1. The van der Waals surface area contributed by atoms with Crippen LogP contribution in [0.5, 0.6) is 0 Å². The van der Waals surface area contributed by atoms with Crippen molar-refractivity contribution in [3.8, 4) is 0 Å². The molecule has 2 aromatic carbocycles. The Hall–Kier alpha value is -1.00. The summed E-state index contributed by atoms with van der Waals surface area (Å²) in [6.07, 6.45) is 0. The zero-order chi connectivity index (χ0) is 12.4. The summed E-state index contributed by atoms with van der Waals surface area (Å²) in [6, 6.07) is 11.9. The highest BCUT2D eigenvalue weighted by Gasteiger charge is 2.06. The molecule has 0 saturated carbocycles. The third kappa shape index (κ3) is 2.82. The van der Waals surface area contributed by atoms with E-state index in [4.69, 9.17) is 5.73 Å². The summed E-state index contributed by atoms with van der Waals surface area (Å²) in [4.78, 5) is 0. The number of hydrogen-bond acceptors (Lipinski definition) is 2.